The molecule has 0 spiro atoms. The predicted molar refractivity (Wildman–Crippen MR) is 192 cm³/mol. The molecule has 4 heterocycles. The number of carbonyl (C=O) groups excluding carboxylic acids is 4. The van der Waals surface area contributed by atoms with E-state index in [1.165, 1.54) is 22.2 Å². The summed E-state index contributed by atoms with van der Waals surface area (Å²) in [6, 6.07) is 6.21. The second-order valence-electron chi connectivity index (χ2n) is 13.2. The normalized spacial score (nSPS) is 22.5. The van der Waals surface area contributed by atoms with Crippen LogP contribution in [-0.4, -0.2) is 96.0 Å². The molecule has 5 rings (SSSR count). The lowest BCUT2D eigenvalue weighted by molar-refractivity contribution is -0.148. The van der Waals surface area contributed by atoms with Crippen LogP contribution in [0.4, 0.5) is 5.69 Å². The van der Waals surface area contributed by atoms with Gasteiger partial charge in [-0.1, -0.05) is 18.6 Å². The van der Waals surface area contributed by atoms with Crippen molar-refractivity contribution in [1.29, 1.82) is 0 Å². The molecule has 1 aromatic rings. The molecule has 14 heteroatoms. The average molecular weight is 709 g/mol. The SMILES string of the molecule is CC1C(SC2CNC(C(=O)Nc3cccc(C(=O)NCCCCCNC(=O)COCCCCC4=CN=CCC4)c3)C2)=C(C(=O)O)N2C(=O)CC12. The van der Waals surface area contributed by atoms with E-state index in [1.807, 2.05) is 19.3 Å². The van der Waals surface area contributed by atoms with Crippen molar-refractivity contribution in [3.8, 4) is 0 Å². The Balaban J connectivity index is 0.927. The summed E-state index contributed by atoms with van der Waals surface area (Å²) >= 11 is 1.45. The van der Waals surface area contributed by atoms with E-state index in [4.69, 9.17) is 4.74 Å². The van der Waals surface area contributed by atoms with Gasteiger partial charge >= 0.3 is 5.97 Å². The first-order valence-corrected chi connectivity index (χ1v) is 18.5. The Morgan fingerprint density at radius 2 is 1.92 bits per heavy atom. The number of aliphatic imine (C=N–C) groups is 1. The van der Waals surface area contributed by atoms with Gasteiger partial charge in [0.25, 0.3) is 5.91 Å². The number of unbranched alkanes of at least 4 members (excludes halogenated alkanes) is 3. The maximum atomic E-state index is 13.1. The zero-order valence-corrected chi connectivity index (χ0v) is 29.4. The molecule has 0 aromatic heterocycles. The van der Waals surface area contributed by atoms with Crippen LogP contribution in [0.3, 0.4) is 0 Å². The van der Waals surface area contributed by atoms with Gasteiger partial charge in [0.2, 0.25) is 17.7 Å². The van der Waals surface area contributed by atoms with Gasteiger partial charge in [-0.05, 0) is 76.0 Å². The van der Waals surface area contributed by atoms with Crippen molar-refractivity contribution in [3.63, 3.8) is 0 Å². The van der Waals surface area contributed by atoms with Crippen molar-refractivity contribution < 1.29 is 33.8 Å². The Morgan fingerprint density at radius 3 is 2.68 bits per heavy atom. The molecule has 1 aromatic carbocycles. The number of nitrogens with one attached hydrogen (secondary N) is 4. The van der Waals surface area contributed by atoms with Crippen molar-refractivity contribution in [2.24, 2.45) is 10.9 Å². The number of amides is 4. The smallest absolute Gasteiger partial charge is 0.353 e. The number of allylic oxidation sites excluding steroid dienone is 1. The van der Waals surface area contributed by atoms with E-state index >= 15 is 0 Å². The van der Waals surface area contributed by atoms with Gasteiger partial charge in [-0.25, -0.2) is 4.79 Å². The molecule has 5 N–H and O–H groups in total. The number of ether oxygens (including phenoxy) is 1. The van der Waals surface area contributed by atoms with Gasteiger partial charge in [0.15, 0.2) is 0 Å². The zero-order valence-electron chi connectivity index (χ0n) is 28.6. The number of hydrogen-bond donors (Lipinski definition) is 5. The molecule has 4 atom stereocenters. The Bertz CT molecular complexity index is 1530. The average Bonchev–Trinajstić information content (AvgIpc) is 3.66. The molecule has 0 bridgehead atoms. The molecule has 0 radical (unpaired) electrons. The Labute approximate surface area is 297 Å². The van der Waals surface area contributed by atoms with E-state index in [2.05, 4.69) is 26.3 Å². The van der Waals surface area contributed by atoms with Gasteiger partial charge in [0.1, 0.15) is 12.3 Å². The fourth-order valence-electron chi connectivity index (χ4n) is 6.62. The third-order valence-electron chi connectivity index (χ3n) is 9.43. The third-order valence-corrected chi connectivity index (χ3v) is 10.9. The molecule has 270 valence electrons. The molecule has 13 nitrogen and oxygen atoms in total. The van der Waals surface area contributed by atoms with Gasteiger partial charge in [-0.2, -0.15) is 0 Å². The fourth-order valence-corrected chi connectivity index (χ4v) is 8.12. The van der Waals surface area contributed by atoms with Crippen molar-refractivity contribution in [2.75, 3.05) is 38.2 Å². The van der Waals surface area contributed by atoms with Crippen LogP contribution in [0.15, 0.2) is 51.6 Å². The number of β-lactam (4-membered cyclic amide) rings is 1. The number of fused-ring (bicyclic) bond motifs is 1. The molecular weight excluding hydrogens is 660 g/mol. The molecule has 2 fully saturated rings. The number of nitrogens with zero attached hydrogens (tertiary/aromatic N) is 2. The molecule has 0 aliphatic carbocycles. The number of carbonyl (C=O) groups is 5. The molecule has 4 aliphatic heterocycles. The first kappa shape index (κ1) is 37.3. The number of carboxylic acids is 1. The second-order valence-corrected chi connectivity index (χ2v) is 14.5. The van der Waals surface area contributed by atoms with Crippen LogP contribution in [0, 0.1) is 5.92 Å². The van der Waals surface area contributed by atoms with E-state index < -0.39 is 12.0 Å². The van der Waals surface area contributed by atoms with E-state index in [-0.39, 0.29) is 53.1 Å². The molecule has 2 saturated heterocycles. The second kappa shape index (κ2) is 18.3. The number of carboxylic acid groups (broad SMARTS) is 1. The maximum Gasteiger partial charge on any atom is 0.353 e. The maximum absolute atomic E-state index is 13.1. The van der Waals surface area contributed by atoms with Crippen molar-refractivity contribution in [3.05, 3.63) is 52.2 Å². The standard InChI is InChI=1S/C36H48N6O7S/c1-23-29-19-31(44)42(29)32(36(47)48)33(23)50-27-18-28(40-21-27)35(46)41-26-12-7-11-25(17-26)34(45)39-15-5-2-4-14-38-30(43)22-49-16-6-3-9-24-10-8-13-37-20-24/h7,11-13,17,20,23,27-29,40H,2-6,8-10,14-16,18-19,21-22H2,1H3,(H,38,43)(H,39,45)(H,41,46)(H,47,48). The molecular formula is C36H48N6O7S. The third kappa shape index (κ3) is 10.0. The summed E-state index contributed by atoms with van der Waals surface area (Å²) in [4.78, 5) is 68.1. The Hall–Kier alpha value is -4.01. The number of rotatable bonds is 19. The minimum atomic E-state index is -1.09. The number of anilines is 1. The highest BCUT2D eigenvalue weighted by Gasteiger charge is 2.52. The highest BCUT2D eigenvalue weighted by Crippen LogP contribution is 2.48. The number of thioether (sulfide) groups is 1. The van der Waals surface area contributed by atoms with Crippen LogP contribution in [0.25, 0.3) is 0 Å². The van der Waals surface area contributed by atoms with Crippen LogP contribution in [0.1, 0.15) is 81.5 Å². The first-order valence-electron chi connectivity index (χ1n) is 17.6. The lowest BCUT2D eigenvalue weighted by Crippen LogP contribution is -2.51. The summed E-state index contributed by atoms with van der Waals surface area (Å²) in [5, 5.41) is 21.7. The highest BCUT2D eigenvalue weighted by molar-refractivity contribution is 8.03. The number of hydrogen-bond acceptors (Lipinski definition) is 9. The molecule has 0 saturated carbocycles. The highest BCUT2D eigenvalue weighted by atomic mass is 32.2. The van der Waals surface area contributed by atoms with Crippen LogP contribution in [0.2, 0.25) is 0 Å². The summed E-state index contributed by atoms with van der Waals surface area (Å²) < 4.78 is 5.49. The van der Waals surface area contributed by atoms with Gasteiger partial charge < -0.3 is 36.0 Å². The Kier molecular flexibility index (Phi) is 13.6. The molecule has 4 aliphatic rings. The zero-order chi connectivity index (χ0) is 35.5. The van der Waals surface area contributed by atoms with Gasteiger partial charge in [-0.15, -0.1) is 11.8 Å². The predicted octanol–water partition coefficient (Wildman–Crippen LogP) is 3.59. The lowest BCUT2D eigenvalue weighted by atomic mass is 9.94. The lowest BCUT2D eigenvalue weighted by Gasteiger charge is -2.37. The van der Waals surface area contributed by atoms with E-state index in [0.29, 0.717) is 55.2 Å². The van der Waals surface area contributed by atoms with Gasteiger partial charge in [-0.3, -0.25) is 24.2 Å². The van der Waals surface area contributed by atoms with Crippen molar-refractivity contribution >= 4 is 53.3 Å². The van der Waals surface area contributed by atoms with Crippen LogP contribution >= 0.6 is 11.8 Å². The summed E-state index contributed by atoms with van der Waals surface area (Å²) in [5.74, 6) is -1.88. The summed E-state index contributed by atoms with van der Waals surface area (Å²) in [6.45, 7) is 4.17. The summed E-state index contributed by atoms with van der Waals surface area (Å²) in [5.41, 5.74) is 2.41. The van der Waals surface area contributed by atoms with Crippen molar-refractivity contribution in [2.45, 2.75) is 88.5 Å². The van der Waals surface area contributed by atoms with Gasteiger partial charge in [0, 0.05) is 72.4 Å². The Morgan fingerprint density at radius 1 is 1.10 bits per heavy atom. The van der Waals surface area contributed by atoms with Crippen molar-refractivity contribution in [1.82, 2.24) is 20.9 Å². The number of benzene rings is 1. The fraction of sp³-hybridized carbons (Fsp3) is 0.556. The topological polar surface area (TPSA) is 179 Å². The molecule has 50 heavy (non-hydrogen) atoms. The quantitative estimate of drug-likeness (QED) is 0.106. The van der Waals surface area contributed by atoms with Gasteiger partial charge in [0.05, 0.1) is 12.1 Å². The number of aliphatic carboxylic acids is 1. The summed E-state index contributed by atoms with van der Waals surface area (Å²) in [6.07, 6.45) is 12.2. The van der Waals surface area contributed by atoms with Crippen LogP contribution in [0.5, 0.6) is 0 Å². The van der Waals surface area contributed by atoms with Crippen LogP contribution < -0.4 is 21.3 Å². The summed E-state index contributed by atoms with van der Waals surface area (Å²) in [7, 11) is 0. The van der Waals surface area contributed by atoms with E-state index in [0.717, 1.165) is 51.4 Å². The minimum Gasteiger partial charge on any atom is -0.477 e. The monoisotopic (exact) mass is 708 g/mol. The molecule has 4 amide bonds. The molecule has 4 unspecified atom stereocenters. The van der Waals surface area contributed by atoms with Crippen LogP contribution in [-0.2, 0) is 23.9 Å². The minimum absolute atomic E-state index is 0.0145. The first-order chi connectivity index (χ1) is 24.2. The van der Waals surface area contributed by atoms with E-state index in [1.54, 1.807) is 24.3 Å². The largest absolute Gasteiger partial charge is 0.477 e. The van der Waals surface area contributed by atoms with E-state index in [9.17, 15) is 29.1 Å².